The Bertz CT molecular complexity index is 1300. The van der Waals surface area contributed by atoms with Gasteiger partial charge < -0.3 is 19.0 Å². The van der Waals surface area contributed by atoms with E-state index in [-0.39, 0.29) is 30.0 Å². The number of alkyl halides is 3. The lowest BCUT2D eigenvalue weighted by molar-refractivity contribution is -0.148. The lowest BCUT2D eigenvalue weighted by Crippen LogP contribution is -2.33. The second-order valence-electron chi connectivity index (χ2n) is 7.91. The third-order valence-electron chi connectivity index (χ3n) is 5.76. The number of hydrogen-bond acceptors (Lipinski definition) is 5. The van der Waals surface area contributed by atoms with Crippen LogP contribution in [0.4, 0.5) is 13.2 Å². The molecule has 3 aromatic heterocycles. The molecule has 1 amide bonds. The zero-order chi connectivity index (χ0) is 22.5. The number of β-amino-alcohol motifs (C(OH)–C–C–N with tert-alkyl or cyclic N) is 1. The first kappa shape index (κ1) is 20.4. The molecule has 0 saturated carbocycles. The van der Waals surface area contributed by atoms with Gasteiger partial charge in [0.1, 0.15) is 6.54 Å². The van der Waals surface area contributed by atoms with Gasteiger partial charge in [0.15, 0.2) is 5.65 Å². The minimum absolute atomic E-state index is 0.0603. The Morgan fingerprint density at radius 2 is 2.00 bits per heavy atom. The van der Waals surface area contributed by atoms with Gasteiger partial charge in [0, 0.05) is 37.6 Å². The van der Waals surface area contributed by atoms with E-state index in [1.807, 2.05) is 10.6 Å². The fourth-order valence-electron chi connectivity index (χ4n) is 4.19. The van der Waals surface area contributed by atoms with Gasteiger partial charge >= 0.3 is 6.18 Å². The summed E-state index contributed by atoms with van der Waals surface area (Å²) in [7, 11) is 0. The third kappa shape index (κ3) is 3.68. The minimum atomic E-state index is -4.69. The van der Waals surface area contributed by atoms with Gasteiger partial charge in [0.25, 0.3) is 0 Å². The Labute approximate surface area is 179 Å². The van der Waals surface area contributed by atoms with E-state index in [4.69, 9.17) is 0 Å². The number of aliphatic hydroxyl groups excluding tert-OH is 1. The molecule has 0 spiro atoms. The topological polar surface area (TPSA) is 88.6 Å². The minimum Gasteiger partial charge on any atom is -0.391 e. The number of hydrogen-bond donors (Lipinski definition) is 1. The van der Waals surface area contributed by atoms with Crippen LogP contribution in [0.3, 0.4) is 0 Å². The van der Waals surface area contributed by atoms with Crippen LogP contribution in [-0.2, 0) is 23.9 Å². The van der Waals surface area contributed by atoms with E-state index in [0.717, 1.165) is 10.3 Å². The van der Waals surface area contributed by atoms with Crippen LogP contribution in [-0.4, -0.2) is 59.0 Å². The van der Waals surface area contributed by atoms with Crippen molar-refractivity contribution in [1.82, 2.24) is 28.8 Å². The number of nitrogens with zero attached hydrogens (tertiary/aromatic N) is 6. The molecule has 1 saturated heterocycles. The summed E-state index contributed by atoms with van der Waals surface area (Å²) in [5.41, 5.74) is 1.84. The van der Waals surface area contributed by atoms with Crippen molar-refractivity contribution >= 4 is 22.6 Å². The van der Waals surface area contributed by atoms with Gasteiger partial charge in [-0.2, -0.15) is 13.2 Å². The molecule has 1 aliphatic heterocycles. The number of imidazole rings is 2. The fraction of sp³-hybridized carbons (Fsp3) is 0.333. The van der Waals surface area contributed by atoms with E-state index in [1.165, 1.54) is 17.0 Å². The number of aromatic nitrogens is 5. The molecule has 166 valence electrons. The molecule has 4 aromatic rings. The number of para-hydroxylation sites is 2. The van der Waals surface area contributed by atoms with Crippen LogP contribution in [0.2, 0.25) is 0 Å². The van der Waals surface area contributed by atoms with E-state index in [2.05, 4.69) is 15.0 Å². The predicted octanol–water partition coefficient (Wildman–Crippen LogP) is 2.16. The van der Waals surface area contributed by atoms with Crippen LogP contribution < -0.4 is 0 Å². The SMILES string of the molecule is O=C(Cn1c(C(F)(F)F)nc2ccccc21)N1C[C@H](Cc2cn3ccnc3cn2)[C@H](O)C1. The summed E-state index contributed by atoms with van der Waals surface area (Å²) in [5, 5.41) is 10.5. The van der Waals surface area contributed by atoms with Crippen molar-refractivity contribution < 1.29 is 23.1 Å². The van der Waals surface area contributed by atoms with Crippen LogP contribution in [0.5, 0.6) is 0 Å². The maximum absolute atomic E-state index is 13.5. The average Bonchev–Trinajstić information content (AvgIpc) is 3.45. The Morgan fingerprint density at radius 3 is 2.81 bits per heavy atom. The largest absolute Gasteiger partial charge is 0.449 e. The van der Waals surface area contributed by atoms with E-state index >= 15 is 0 Å². The Morgan fingerprint density at radius 1 is 1.19 bits per heavy atom. The third-order valence-corrected chi connectivity index (χ3v) is 5.76. The quantitative estimate of drug-likeness (QED) is 0.521. The molecule has 5 rings (SSSR count). The number of halogens is 3. The van der Waals surface area contributed by atoms with Gasteiger partial charge in [-0.1, -0.05) is 12.1 Å². The second-order valence-corrected chi connectivity index (χ2v) is 7.91. The summed E-state index contributed by atoms with van der Waals surface area (Å²) >= 11 is 0. The molecule has 2 atom stereocenters. The number of aliphatic hydroxyl groups is 1. The molecule has 32 heavy (non-hydrogen) atoms. The maximum atomic E-state index is 13.5. The molecule has 0 unspecified atom stereocenters. The highest BCUT2D eigenvalue weighted by Gasteiger charge is 2.39. The van der Waals surface area contributed by atoms with Gasteiger partial charge in [0.2, 0.25) is 11.7 Å². The number of fused-ring (bicyclic) bond motifs is 2. The van der Waals surface area contributed by atoms with E-state index in [1.54, 1.807) is 30.7 Å². The van der Waals surface area contributed by atoms with Gasteiger partial charge in [-0.3, -0.25) is 9.78 Å². The molecule has 0 bridgehead atoms. The van der Waals surface area contributed by atoms with Crippen molar-refractivity contribution in [2.24, 2.45) is 5.92 Å². The van der Waals surface area contributed by atoms with Gasteiger partial charge in [-0.25, -0.2) is 9.97 Å². The van der Waals surface area contributed by atoms with Gasteiger partial charge in [-0.05, 0) is 18.6 Å². The zero-order valence-corrected chi connectivity index (χ0v) is 16.8. The van der Waals surface area contributed by atoms with E-state index in [0.29, 0.717) is 12.1 Å². The highest BCUT2D eigenvalue weighted by atomic mass is 19.4. The van der Waals surface area contributed by atoms with Crippen LogP contribution in [0.15, 0.2) is 49.1 Å². The van der Waals surface area contributed by atoms with E-state index in [9.17, 15) is 23.1 Å². The number of amides is 1. The lowest BCUT2D eigenvalue weighted by Gasteiger charge is -2.18. The van der Waals surface area contributed by atoms with Crippen molar-refractivity contribution in [3.8, 4) is 0 Å². The molecule has 0 radical (unpaired) electrons. The number of benzene rings is 1. The normalized spacial score (nSPS) is 19.3. The van der Waals surface area contributed by atoms with Crippen LogP contribution in [0.1, 0.15) is 11.5 Å². The Hall–Kier alpha value is -3.47. The maximum Gasteiger partial charge on any atom is 0.449 e. The molecule has 0 aliphatic carbocycles. The predicted molar refractivity (Wildman–Crippen MR) is 108 cm³/mol. The van der Waals surface area contributed by atoms with Crippen molar-refractivity contribution in [2.75, 3.05) is 13.1 Å². The van der Waals surface area contributed by atoms with Crippen LogP contribution in [0, 0.1) is 5.92 Å². The first-order valence-electron chi connectivity index (χ1n) is 10.1. The zero-order valence-electron chi connectivity index (χ0n) is 16.8. The van der Waals surface area contributed by atoms with E-state index < -0.39 is 30.6 Å². The number of carbonyl (C=O) groups is 1. The molecule has 4 heterocycles. The fourth-order valence-corrected chi connectivity index (χ4v) is 4.19. The highest BCUT2D eigenvalue weighted by Crippen LogP contribution is 2.32. The lowest BCUT2D eigenvalue weighted by atomic mass is 10.0. The number of carbonyl (C=O) groups excluding carboxylic acids is 1. The van der Waals surface area contributed by atoms with Crippen molar-refractivity contribution in [3.63, 3.8) is 0 Å². The molecule has 1 fully saturated rings. The molecular weight excluding hydrogens is 425 g/mol. The smallest absolute Gasteiger partial charge is 0.391 e. The standard InChI is InChI=1S/C21H19F3N6O2/c22-21(23,24)20-27-15-3-1-2-4-16(15)30(20)12-19(32)29-9-13(17(31)11-29)7-14-10-28-6-5-25-18(28)8-26-14/h1-6,8,10,13,17,31H,7,9,11-12H2/t13-,17+/m0/s1. The second kappa shape index (κ2) is 7.59. The van der Waals surface area contributed by atoms with Crippen LogP contribution >= 0.6 is 0 Å². The Kier molecular flexibility index (Phi) is 4.85. The molecule has 1 aromatic carbocycles. The summed E-state index contributed by atoms with van der Waals surface area (Å²) < 4.78 is 43.2. The van der Waals surface area contributed by atoms with Crippen molar-refractivity contribution in [1.29, 1.82) is 0 Å². The summed E-state index contributed by atoms with van der Waals surface area (Å²) in [5.74, 6) is -1.88. The summed E-state index contributed by atoms with van der Waals surface area (Å²) in [4.78, 5) is 26.4. The average molecular weight is 444 g/mol. The Balaban J connectivity index is 1.33. The van der Waals surface area contributed by atoms with Gasteiger partial charge in [-0.15, -0.1) is 0 Å². The first-order valence-corrected chi connectivity index (χ1v) is 10.1. The molecule has 8 nitrogen and oxygen atoms in total. The summed E-state index contributed by atoms with van der Waals surface area (Å²) in [6.07, 6.45) is 1.83. The molecular formula is C21H19F3N6O2. The monoisotopic (exact) mass is 444 g/mol. The molecule has 1 N–H and O–H groups in total. The first-order chi connectivity index (χ1) is 15.3. The molecule has 11 heteroatoms. The highest BCUT2D eigenvalue weighted by molar-refractivity contribution is 5.81. The van der Waals surface area contributed by atoms with Gasteiger partial charge in [0.05, 0.1) is 29.0 Å². The summed E-state index contributed by atoms with van der Waals surface area (Å²) in [6.45, 7) is -0.212. The van der Waals surface area contributed by atoms with Crippen LogP contribution in [0.25, 0.3) is 16.7 Å². The number of rotatable bonds is 4. The van der Waals surface area contributed by atoms with Crippen molar-refractivity contribution in [3.05, 3.63) is 60.6 Å². The number of likely N-dealkylation sites (tertiary alicyclic amines) is 1. The summed E-state index contributed by atoms with van der Waals surface area (Å²) in [6, 6.07) is 6.18. The van der Waals surface area contributed by atoms with Crippen molar-refractivity contribution in [2.45, 2.75) is 25.2 Å². The molecule has 1 aliphatic rings.